The number of ether oxygens (including phenoxy) is 2. The molecule has 4 aromatic rings. The average molecular weight is 661 g/mol. The predicted octanol–water partition coefficient (Wildman–Crippen LogP) is 3.94. The molecule has 0 spiro atoms. The third-order valence-corrected chi connectivity index (χ3v) is 9.33. The maximum atomic E-state index is 15.8. The van der Waals surface area contributed by atoms with Crippen molar-refractivity contribution in [1.82, 2.24) is 19.2 Å². The summed E-state index contributed by atoms with van der Waals surface area (Å²) in [4.78, 5) is 38.8. The standard InChI is InChI=1S/C31H38FN4O9P/c1-18(27(39)42-17-30(2,3)4)34-46(41,45-22-13-9-12-21-25(22)19-10-7-8-11-20(19)35(21)6)43-16-23-26(38)31(5,32)28(44-23)36-15-14-24(37)33-29(36)40/h7-15,18,23,26,28,38H,16-17H2,1-6H3,(H,34,41)(H,33,37,40)/t18-,23+,26+,28+,31+,46?/m0/s1. The smallest absolute Gasteiger partial charge is 0.459 e. The van der Waals surface area contributed by atoms with Gasteiger partial charge in [0.1, 0.15) is 24.0 Å². The van der Waals surface area contributed by atoms with Gasteiger partial charge in [-0.2, -0.15) is 5.09 Å². The molecule has 0 saturated carbocycles. The van der Waals surface area contributed by atoms with Crippen LogP contribution in [0.15, 0.2) is 64.3 Å². The van der Waals surface area contributed by atoms with Crippen LogP contribution in [0.4, 0.5) is 4.39 Å². The zero-order valence-corrected chi connectivity index (χ0v) is 27.2. The molecule has 0 amide bonds. The lowest BCUT2D eigenvalue weighted by Gasteiger charge is -2.26. The highest BCUT2D eigenvalue weighted by molar-refractivity contribution is 7.52. The second-order valence-electron chi connectivity index (χ2n) is 12.8. The number of carbonyl (C=O) groups excluding carboxylic acids is 1. The molecule has 6 atom stereocenters. The van der Waals surface area contributed by atoms with Gasteiger partial charge < -0.3 is 23.7 Å². The molecule has 3 N–H and O–H groups in total. The second kappa shape index (κ2) is 12.4. The molecule has 1 aliphatic rings. The summed E-state index contributed by atoms with van der Waals surface area (Å²) in [6.45, 7) is 7.56. The maximum Gasteiger partial charge on any atom is 0.459 e. The summed E-state index contributed by atoms with van der Waals surface area (Å²) in [7, 11) is -2.63. The van der Waals surface area contributed by atoms with Crippen LogP contribution in [-0.4, -0.2) is 62.3 Å². The van der Waals surface area contributed by atoms with E-state index in [0.29, 0.717) is 5.39 Å². The normalized spacial score (nSPS) is 23.8. The number of aryl methyl sites for hydroxylation is 1. The highest BCUT2D eigenvalue weighted by Gasteiger charge is 2.56. The van der Waals surface area contributed by atoms with Gasteiger partial charge in [-0.15, -0.1) is 0 Å². The average Bonchev–Trinajstić information content (AvgIpc) is 3.40. The number of hydrogen-bond acceptors (Lipinski definition) is 9. The van der Waals surface area contributed by atoms with E-state index in [-0.39, 0.29) is 17.8 Å². The molecule has 1 aliphatic heterocycles. The summed E-state index contributed by atoms with van der Waals surface area (Å²) in [6, 6.07) is 12.6. The van der Waals surface area contributed by atoms with Gasteiger partial charge in [0.05, 0.1) is 24.1 Å². The lowest BCUT2D eigenvalue weighted by atomic mass is 9.98. The van der Waals surface area contributed by atoms with Crippen molar-refractivity contribution < 1.29 is 37.4 Å². The first kappa shape index (κ1) is 33.6. The van der Waals surface area contributed by atoms with E-state index in [1.54, 1.807) is 12.1 Å². The summed E-state index contributed by atoms with van der Waals surface area (Å²) in [5.41, 5.74) is -2.82. The molecule has 5 rings (SSSR count). The Bertz CT molecular complexity index is 1930. The molecule has 46 heavy (non-hydrogen) atoms. The largest absolute Gasteiger partial charge is 0.464 e. The van der Waals surface area contributed by atoms with E-state index in [0.717, 1.165) is 40.2 Å². The first-order valence-electron chi connectivity index (χ1n) is 14.7. The number of aliphatic hydroxyl groups excluding tert-OH is 1. The SMILES string of the molecule is C[C@H](NP(=O)(OC[C@H]1O[C@@H](n2ccc(=O)[nH]c2=O)[C@](C)(F)[C@@H]1O)Oc1cccc2c1c1ccccc1n2C)C(=O)OCC(C)(C)C. The van der Waals surface area contributed by atoms with E-state index in [1.165, 1.54) is 6.92 Å². The van der Waals surface area contributed by atoms with Crippen LogP contribution >= 0.6 is 7.75 Å². The molecule has 0 aliphatic carbocycles. The fraction of sp³-hybridized carbons (Fsp3) is 0.452. The molecule has 0 radical (unpaired) electrons. The molecule has 248 valence electrons. The quantitative estimate of drug-likeness (QED) is 0.168. The number of halogens is 1. The number of rotatable bonds is 10. The van der Waals surface area contributed by atoms with Crippen LogP contribution in [-0.2, 0) is 30.4 Å². The van der Waals surface area contributed by atoms with E-state index >= 15 is 4.39 Å². The van der Waals surface area contributed by atoms with Gasteiger partial charge in [0, 0.05) is 30.2 Å². The minimum Gasteiger partial charge on any atom is -0.464 e. The van der Waals surface area contributed by atoms with E-state index in [9.17, 15) is 24.1 Å². The lowest BCUT2D eigenvalue weighted by Crippen LogP contribution is -2.43. The van der Waals surface area contributed by atoms with Crippen LogP contribution in [0.5, 0.6) is 5.75 Å². The Balaban J connectivity index is 1.45. The maximum absolute atomic E-state index is 15.8. The number of aromatic nitrogens is 3. The van der Waals surface area contributed by atoms with Crippen molar-refractivity contribution in [3.8, 4) is 5.75 Å². The van der Waals surface area contributed by atoms with E-state index in [1.807, 2.05) is 67.7 Å². The van der Waals surface area contributed by atoms with Crippen molar-refractivity contribution in [1.29, 1.82) is 0 Å². The molecule has 2 aromatic heterocycles. The molecule has 0 bridgehead atoms. The van der Waals surface area contributed by atoms with Crippen molar-refractivity contribution in [3.63, 3.8) is 0 Å². The summed E-state index contributed by atoms with van der Waals surface area (Å²) in [6.07, 6.45) is -3.89. The van der Waals surface area contributed by atoms with E-state index in [2.05, 4.69) is 5.09 Å². The van der Waals surface area contributed by atoms with Crippen LogP contribution in [0.1, 0.15) is 40.8 Å². The number of hydrogen-bond donors (Lipinski definition) is 3. The summed E-state index contributed by atoms with van der Waals surface area (Å²) < 4.78 is 55.9. The van der Waals surface area contributed by atoms with Gasteiger partial charge in [0.15, 0.2) is 11.9 Å². The predicted molar refractivity (Wildman–Crippen MR) is 168 cm³/mol. The summed E-state index contributed by atoms with van der Waals surface area (Å²) in [5.74, 6) is -0.530. The number of fused-ring (bicyclic) bond motifs is 3. The Labute approximate surface area is 263 Å². The number of aromatic amines is 1. The van der Waals surface area contributed by atoms with Crippen molar-refractivity contribution in [2.24, 2.45) is 12.5 Å². The minimum absolute atomic E-state index is 0.0991. The third-order valence-electron chi connectivity index (χ3n) is 7.70. The van der Waals surface area contributed by atoms with Gasteiger partial charge in [0.25, 0.3) is 5.56 Å². The second-order valence-corrected chi connectivity index (χ2v) is 14.5. The van der Waals surface area contributed by atoms with Crippen LogP contribution < -0.4 is 20.9 Å². The fourth-order valence-corrected chi connectivity index (χ4v) is 6.82. The zero-order chi connectivity index (χ0) is 33.6. The molecule has 1 fully saturated rings. The van der Waals surface area contributed by atoms with Crippen molar-refractivity contribution in [3.05, 3.63) is 75.6 Å². The lowest BCUT2D eigenvalue weighted by molar-refractivity contribution is -0.148. The number of aliphatic hydroxyl groups is 1. The Morgan fingerprint density at radius 3 is 2.57 bits per heavy atom. The highest BCUT2D eigenvalue weighted by atomic mass is 31.2. The Kier molecular flexibility index (Phi) is 9.06. The number of benzene rings is 2. The Morgan fingerprint density at radius 1 is 1.17 bits per heavy atom. The number of nitrogens with one attached hydrogen (secondary N) is 2. The van der Waals surface area contributed by atoms with Gasteiger partial charge in [-0.1, -0.05) is 45.0 Å². The summed E-state index contributed by atoms with van der Waals surface area (Å²) in [5, 5.41) is 14.9. The third kappa shape index (κ3) is 6.67. The van der Waals surface area contributed by atoms with Crippen molar-refractivity contribution in [2.75, 3.05) is 13.2 Å². The monoisotopic (exact) mass is 660 g/mol. The topological polar surface area (TPSA) is 163 Å². The molecule has 13 nitrogen and oxygen atoms in total. The van der Waals surface area contributed by atoms with Crippen LogP contribution in [0, 0.1) is 5.41 Å². The molecular weight excluding hydrogens is 622 g/mol. The van der Waals surface area contributed by atoms with Gasteiger partial charge in [-0.25, -0.2) is 13.8 Å². The number of nitrogens with zero attached hydrogens (tertiary/aromatic N) is 2. The molecule has 15 heteroatoms. The molecular formula is C31H38FN4O9P. The number of alkyl halides is 1. The Morgan fingerprint density at radius 2 is 1.87 bits per heavy atom. The van der Waals surface area contributed by atoms with Crippen LogP contribution in [0.25, 0.3) is 21.8 Å². The van der Waals surface area contributed by atoms with Crippen molar-refractivity contribution >= 4 is 35.5 Å². The minimum atomic E-state index is -4.51. The highest BCUT2D eigenvalue weighted by Crippen LogP contribution is 2.50. The van der Waals surface area contributed by atoms with E-state index < -0.39 is 61.7 Å². The van der Waals surface area contributed by atoms with Gasteiger partial charge in [0.2, 0.25) is 0 Å². The number of H-pyrrole nitrogens is 1. The number of carbonyl (C=O) groups is 1. The molecule has 1 saturated heterocycles. The van der Waals surface area contributed by atoms with Gasteiger partial charge in [-0.3, -0.25) is 23.7 Å². The number of esters is 1. The van der Waals surface area contributed by atoms with E-state index in [4.69, 9.17) is 18.5 Å². The summed E-state index contributed by atoms with van der Waals surface area (Å²) >= 11 is 0. The first-order chi connectivity index (χ1) is 21.5. The zero-order valence-electron chi connectivity index (χ0n) is 26.4. The molecule has 2 aromatic carbocycles. The number of para-hydroxylation sites is 1. The van der Waals surface area contributed by atoms with Gasteiger partial charge in [-0.05, 0) is 37.5 Å². The Hall–Kier alpha value is -3.81. The molecule has 1 unspecified atom stereocenters. The van der Waals surface area contributed by atoms with Crippen molar-refractivity contribution in [2.45, 2.75) is 64.8 Å². The first-order valence-corrected chi connectivity index (χ1v) is 16.2. The van der Waals surface area contributed by atoms with Gasteiger partial charge >= 0.3 is 19.4 Å². The van der Waals surface area contributed by atoms with Crippen LogP contribution in [0.3, 0.4) is 0 Å². The molecule has 3 heterocycles. The fourth-order valence-electron chi connectivity index (χ4n) is 5.31. The van der Waals surface area contributed by atoms with Crippen LogP contribution in [0.2, 0.25) is 0 Å².